The lowest BCUT2D eigenvalue weighted by molar-refractivity contribution is -0.120. The number of amides is 1. The molecule has 1 aliphatic heterocycles. The summed E-state index contributed by atoms with van der Waals surface area (Å²) in [5, 5.41) is 2.81. The molecule has 0 aliphatic carbocycles. The third-order valence-electron chi connectivity index (χ3n) is 4.15. The molecule has 0 bridgehead atoms. The molecule has 2 aromatic rings. The van der Waals surface area contributed by atoms with Crippen LogP contribution in [0.2, 0.25) is 0 Å². The Kier molecular flexibility index (Phi) is 5.36. The summed E-state index contributed by atoms with van der Waals surface area (Å²) in [6.45, 7) is 4.57. The van der Waals surface area contributed by atoms with Crippen molar-refractivity contribution in [2.45, 2.75) is 29.9 Å². The number of fused-ring (bicyclic) bond motifs is 1. The highest BCUT2D eigenvalue weighted by Crippen LogP contribution is 2.36. The molecule has 0 unspecified atom stereocenters. The Hall–Kier alpha value is -2.28. The molecular formula is C19H19F2NO3S. The monoisotopic (exact) mass is 379 g/mol. The Morgan fingerprint density at radius 2 is 1.85 bits per heavy atom. The molecule has 2 aromatic carbocycles. The Bertz CT molecular complexity index is 811. The quantitative estimate of drug-likeness (QED) is 0.766. The fourth-order valence-electron chi connectivity index (χ4n) is 2.60. The van der Waals surface area contributed by atoms with Gasteiger partial charge in [0.05, 0.1) is 5.41 Å². The van der Waals surface area contributed by atoms with Crippen molar-refractivity contribution in [3.05, 3.63) is 48.0 Å². The van der Waals surface area contributed by atoms with Crippen molar-refractivity contribution < 1.29 is 23.0 Å². The molecule has 0 atom stereocenters. The second-order valence-corrected chi connectivity index (χ2v) is 7.41. The highest BCUT2D eigenvalue weighted by atomic mass is 32.2. The predicted octanol–water partition coefficient (Wildman–Crippen LogP) is 4.69. The van der Waals surface area contributed by atoms with Gasteiger partial charge in [-0.05, 0) is 49.7 Å². The molecule has 0 saturated carbocycles. The average Bonchev–Trinajstić information content (AvgIpc) is 2.61. The van der Waals surface area contributed by atoms with Gasteiger partial charge in [-0.2, -0.15) is 8.78 Å². The maximum Gasteiger partial charge on any atom is 0.288 e. The van der Waals surface area contributed by atoms with Gasteiger partial charge in [-0.3, -0.25) is 4.79 Å². The van der Waals surface area contributed by atoms with Crippen LogP contribution in [-0.4, -0.2) is 24.9 Å². The first-order valence-corrected chi connectivity index (χ1v) is 9.01. The summed E-state index contributed by atoms with van der Waals surface area (Å²) in [5.74, 6) is -1.47. The third kappa shape index (κ3) is 4.09. The molecule has 0 saturated heterocycles. The summed E-state index contributed by atoms with van der Waals surface area (Å²) in [5.41, 5.74) is 0.408. The van der Waals surface area contributed by atoms with Crippen molar-refractivity contribution in [1.82, 2.24) is 0 Å². The molecule has 0 radical (unpaired) electrons. The first-order chi connectivity index (χ1) is 12.4. The van der Waals surface area contributed by atoms with E-state index in [9.17, 15) is 13.6 Å². The van der Waals surface area contributed by atoms with E-state index in [1.807, 2.05) is 6.07 Å². The predicted molar refractivity (Wildman–Crippen MR) is 97.4 cm³/mol. The topological polar surface area (TPSA) is 47.6 Å². The lowest BCUT2D eigenvalue weighted by Crippen LogP contribution is -2.34. The molecular weight excluding hydrogens is 360 g/mol. The molecule has 7 heteroatoms. The minimum Gasteiger partial charge on any atom is -0.486 e. The second-order valence-electron chi connectivity index (χ2n) is 6.34. The highest BCUT2D eigenvalue weighted by Gasteiger charge is 2.31. The summed E-state index contributed by atoms with van der Waals surface area (Å²) in [4.78, 5) is 13.2. The number of carbonyl (C=O) groups is 1. The van der Waals surface area contributed by atoms with Crippen LogP contribution in [0.5, 0.6) is 11.5 Å². The normalized spacial score (nSPS) is 13.6. The van der Waals surface area contributed by atoms with Gasteiger partial charge in [-0.15, -0.1) is 0 Å². The average molecular weight is 379 g/mol. The van der Waals surface area contributed by atoms with E-state index in [-0.39, 0.29) is 5.91 Å². The van der Waals surface area contributed by atoms with Crippen molar-refractivity contribution in [3.8, 4) is 11.5 Å². The molecule has 1 aliphatic rings. The van der Waals surface area contributed by atoms with Crippen LogP contribution in [0.3, 0.4) is 0 Å². The fraction of sp³-hybridized carbons (Fsp3) is 0.316. The van der Waals surface area contributed by atoms with Crippen molar-refractivity contribution >= 4 is 23.4 Å². The number of nitrogens with one attached hydrogen (secondary N) is 1. The van der Waals surface area contributed by atoms with E-state index in [2.05, 4.69) is 5.32 Å². The van der Waals surface area contributed by atoms with Crippen LogP contribution in [0.25, 0.3) is 0 Å². The summed E-state index contributed by atoms with van der Waals surface area (Å²) in [7, 11) is 0. The minimum absolute atomic E-state index is 0.242. The number of rotatable bonds is 5. The van der Waals surface area contributed by atoms with Crippen LogP contribution < -0.4 is 14.8 Å². The zero-order chi connectivity index (χ0) is 18.7. The van der Waals surface area contributed by atoms with Gasteiger partial charge < -0.3 is 14.8 Å². The Morgan fingerprint density at radius 1 is 1.12 bits per heavy atom. The molecule has 1 N–H and O–H groups in total. The summed E-state index contributed by atoms with van der Waals surface area (Å²) < 4.78 is 36.1. The minimum atomic E-state index is -2.50. The van der Waals surface area contributed by atoms with E-state index in [0.29, 0.717) is 47.1 Å². The fourth-order valence-corrected chi connectivity index (χ4v) is 3.16. The van der Waals surface area contributed by atoms with Crippen LogP contribution in [0.1, 0.15) is 19.4 Å². The third-order valence-corrected chi connectivity index (χ3v) is 4.85. The maximum absolute atomic E-state index is 12.8. The van der Waals surface area contributed by atoms with Crippen LogP contribution in [-0.2, 0) is 10.2 Å². The van der Waals surface area contributed by atoms with Gasteiger partial charge in [0.15, 0.2) is 11.5 Å². The number of anilines is 1. The van der Waals surface area contributed by atoms with Gasteiger partial charge in [0.1, 0.15) is 13.2 Å². The maximum atomic E-state index is 12.8. The van der Waals surface area contributed by atoms with E-state index in [4.69, 9.17) is 9.47 Å². The molecule has 3 rings (SSSR count). The number of halogens is 2. The van der Waals surface area contributed by atoms with Crippen LogP contribution in [0, 0.1) is 0 Å². The number of hydrogen-bond donors (Lipinski definition) is 1. The Balaban J connectivity index is 1.78. The summed E-state index contributed by atoms with van der Waals surface area (Å²) >= 11 is 0.444. The second kappa shape index (κ2) is 7.53. The number of ether oxygens (including phenoxy) is 2. The van der Waals surface area contributed by atoms with Crippen LogP contribution >= 0.6 is 11.8 Å². The molecule has 1 heterocycles. The van der Waals surface area contributed by atoms with Crippen molar-refractivity contribution in [2.75, 3.05) is 18.5 Å². The number of benzene rings is 2. The van der Waals surface area contributed by atoms with Gasteiger partial charge in [0.2, 0.25) is 5.91 Å². The molecule has 138 valence electrons. The number of thioether (sulfide) groups is 1. The summed E-state index contributed by atoms with van der Waals surface area (Å²) in [6, 6.07) is 11.9. The number of alkyl halides is 2. The molecule has 0 spiro atoms. The lowest BCUT2D eigenvalue weighted by atomic mass is 9.83. The molecule has 4 nitrogen and oxygen atoms in total. The largest absolute Gasteiger partial charge is 0.486 e. The smallest absolute Gasteiger partial charge is 0.288 e. The Morgan fingerprint density at radius 3 is 2.58 bits per heavy atom. The first-order valence-electron chi connectivity index (χ1n) is 8.13. The molecule has 0 fully saturated rings. The van der Waals surface area contributed by atoms with E-state index in [1.54, 1.807) is 44.2 Å². The van der Waals surface area contributed by atoms with Crippen molar-refractivity contribution in [3.63, 3.8) is 0 Å². The van der Waals surface area contributed by atoms with E-state index < -0.39 is 11.2 Å². The summed E-state index contributed by atoms with van der Waals surface area (Å²) in [6.07, 6.45) is 0. The number of hydrogen-bond acceptors (Lipinski definition) is 4. The first kappa shape index (κ1) is 18.5. The van der Waals surface area contributed by atoms with Gasteiger partial charge in [0.25, 0.3) is 5.76 Å². The van der Waals surface area contributed by atoms with Gasteiger partial charge in [-0.25, -0.2) is 0 Å². The van der Waals surface area contributed by atoms with Gasteiger partial charge in [0, 0.05) is 10.6 Å². The van der Waals surface area contributed by atoms with E-state index in [0.717, 1.165) is 5.56 Å². The molecule has 26 heavy (non-hydrogen) atoms. The molecule has 0 aromatic heterocycles. The zero-order valence-electron chi connectivity index (χ0n) is 14.4. The van der Waals surface area contributed by atoms with Gasteiger partial charge in [-0.1, -0.05) is 23.9 Å². The number of carbonyl (C=O) groups excluding carboxylic acids is 1. The van der Waals surface area contributed by atoms with Crippen LogP contribution in [0.4, 0.5) is 14.5 Å². The van der Waals surface area contributed by atoms with Crippen molar-refractivity contribution in [1.29, 1.82) is 0 Å². The van der Waals surface area contributed by atoms with E-state index in [1.165, 1.54) is 6.07 Å². The molecule has 1 amide bonds. The highest BCUT2D eigenvalue weighted by molar-refractivity contribution is 7.99. The Labute approximate surface area is 154 Å². The van der Waals surface area contributed by atoms with Gasteiger partial charge >= 0.3 is 0 Å². The van der Waals surface area contributed by atoms with Crippen LogP contribution in [0.15, 0.2) is 47.4 Å². The van der Waals surface area contributed by atoms with E-state index >= 15 is 0 Å². The van der Waals surface area contributed by atoms with Crippen molar-refractivity contribution in [2.24, 2.45) is 0 Å². The standard InChI is InChI=1S/C19H19F2NO3S/c1-19(2,12-6-7-15-16(10-12)25-9-8-24-15)17(23)22-13-4-3-5-14(11-13)26-18(20)21/h3-7,10-11,18H,8-9H2,1-2H3,(H,22,23). The lowest BCUT2D eigenvalue weighted by Gasteiger charge is -2.26. The SMILES string of the molecule is CC(C)(C(=O)Nc1cccc(SC(F)F)c1)c1ccc2c(c1)OCCO2. The zero-order valence-corrected chi connectivity index (χ0v) is 15.2.